The molecule has 6 heteroatoms. The summed E-state index contributed by atoms with van der Waals surface area (Å²) >= 11 is 0. The third kappa shape index (κ3) is 2.47. The molecule has 11 rings (SSSR count). The minimum Gasteiger partial charge on any atom is -0.354 e. The van der Waals surface area contributed by atoms with E-state index in [0.717, 1.165) is 65.9 Å². The van der Waals surface area contributed by atoms with Crippen LogP contribution in [-0.4, -0.2) is 29.9 Å². The van der Waals surface area contributed by atoms with Crippen LogP contribution in [0.4, 0.5) is 0 Å². The number of rotatable bonds is 0. The number of H-pyrrole nitrogens is 4. The first-order valence-corrected chi connectivity index (χ1v) is 14.2. The van der Waals surface area contributed by atoms with Crippen LogP contribution < -0.4 is 0 Å². The third-order valence-corrected chi connectivity index (χ3v) is 9.24. The van der Waals surface area contributed by atoms with Gasteiger partial charge >= 0.3 is 0 Å². The standard InChI is InChI=1S/C36H20N6/c1-3-7-25-17(5-1)21-11-29-23(13-27(21)39-25)33-19-9-10-20-34-24-14-28-22(18-6-2-4-8-26(18)40-28)12-30(24)42-32(34)16-38-36(20)35(19)37-15-31(33)41-29/h1-16,39-42H. The first-order valence-electron chi connectivity index (χ1n) is 14.2. The maximum absolute atomic E-state index is 4.97. The van der Waals surface area contributed by atoms with E-state index < -0.39 is 0 Å². The van der Waals surface area contributed by atoms with Crippen LogP contribution in [-0.2, 0) is 0 Å². The van der Waals surface area contributed by atoms with Gasteiger partial charge < -0.3 is 19.9 Å². The molecule has 0 aliphatic heterocycles. The zero-order chi connectivity index (χ0) is 27.1. The second-order valence-corrected chi connectivity index (χ2v) is 11.4. The summed E-state index contributed by atoms with van der Waals surface area (Å²) < 4.78 is 0. The summed E-state index contributed by atoms with van der Waals surface area (Å²) in [4.78, 5) is 24.4. The summed E-state index contributed by atoms with van der Waals surface area (Å²) in [7, 11) is 0. The van der Waals surface area contributed by atoms with Crippen LogP contribution in [0.1, 0.15) is 0 Å². The SMILES string of the molecule is c1ccc2c(c1)[nH]c1cc3c(cc12)[nH]c1cnc2c(ccc4c2ncc2[nH]c5cc6c(cc5c24)[nH]c2ccccc26)c13. The lowest BCUT2D eigenvalue weighted by Gasteiger charge is -2.06. The Hall–Kier alpha value is -5.88. The molecule has 0 fully saturated rings. The van der Waals surface area contributed by atoms with Crippen molar-refractivity contribution in [1.82, 2.24) is 29.9 Å². The number of aromatic amines is 4. The number of para-hydroxylation sites is 2. The smallest absolute Gasteiger partial charge is 0.0972 e. The van der Waals surface area contributed by atoms with Gasteiger partial charge in [0.15, 0.2) is 0 Å². The molecular weight excluding hydrogens is 516 g/mol. The highest BCUT2D eigenvalue weighted by Gasteiger charge is 2.17. The molecule has 5 aromatic carbocycles. The molecule has 6 aromatic heterocycles. The Morgan fingerprint density at radius 1 is 0.333 bits per heavy atom. The number of pyridine rings is 2. The fraction of sp³-hybridized carbons (Fsp3) is 0. The van der Waals surface area contributed by atoms with Gasteiger partial charge in [-0.2, -0.15) is 0 Å². The molecule has 0 unspecified atom stereocenters. The van der Waals surface area contributed by atoms with E-state index >= 15 is 0 Å². The molecule has 194 valence electrons. The lowest BCUT2D eigenvalue weighted by atomic mass is 10.0. The van der Waals surface area contributed by atoms with E-state index in [4.69, 9.17) is 9.97 Å². The van der Waals surface area contributed by atoms with Crippen LogP contribution in [0.3, 0.4) is 0 Å². The van der Waals surface area contributed by atoms with E-state index in [0.29, 0.717) is 0 Å². The minimum absolute atomic E-state index is 0.917. The summed E-state index contributed by atoms with van der Waals surface area (Å²) in [5.74, 6) is 0. The fourth-order valence-corrected chi connectivity index (χ4v) is 7.40. The summed E-state index contributed by atoms with van der Waals surface area (Å²) in [5.41, 5.74) is 10.7. The Labute approximate surface area is 236 Å². The molecule has 0 radical (unpaired) electrons. The van der Waals surface area contributed by atoms with Crippen molar-refractivity contribution in [1.29, 1.82) is 0 Å². The average Bonchev–Trinajstić information content (AvgIpc) is 3.77. The van der Waals surface area contributed by atoms with E-state index in [9.17, 15) is 0 Å². The van der Waals surface area contributed by atoms with Gasteiger partial charge in [0.25, 0.3) is 0 Å². The fourth-order valence-electron chi connectivity index (χ4n) is 7.40. The molecule has 42 heavy (non-hydrogen) atoms. The largest absolute Gasteiger partial charge is 0.354 e. The van der Waals surface area contributed by atoms with Gasteiger partial charge in [-0.3, -0.25) is 9.97 Å². The van der Waals surface area contributed by atoms with Crippen molar-refractivity contribution < 1.29 is 0 Å². The van der Waals surface area contributed by atoms with E-state index in [1.54, 1.807) is 0 Å². The first-order chi connectivity index (χ1) is 20.8. The van der Waals surface area contributed by atoms with Crippen molar-refractivity contribution in [2.75, 3.05) is 0 Å². The van der Waals surface area contributed by atoms with Gasteiger partial charge in [-0.1, -0.05) is 48.5 Å². The highest BCUT2D eigenvalue weighted by Crippen LogP contribution is 2.40. The molecule has 0 saturated carbocycles. The lowest BCUT2D eigenvalue weighted by Crippen LogP contribution is -1.87. The van der Waals surface area contributed by atoms with Gasteiger partial charge in [0, 0.05) is 87.0 Å². The van der Waals surface area contributed by atoms with Crippen LogP contribution in [0.5, 0.6) is 0 Å². The van der Waals surface area contributed by atoms with Crippen molar-refractivity contribution in [3.05, 3.63) is 97.3 Å². The molecule has 4 N–H and O–H groups in total. The van der Waals surface area contributed by atoms with Crippen molar-refractivity contribution in [3.63, 3.8) is 0 Å². The number of fused-ring (bicyclic) bond motifs is 17. The molecular formula is C36H20N6. The Morgan fingerprint density at radius 2 is 0.738 bits per heavy atom. The number of aromatic nitrogens is 6. The summed E-state index contributed by atoms with van der Waals surface area (Å²) in [6.45, 7) is 0. The van der Waals surface area contributed by atoms with Gasteiger partial charge in [0.1, 0.15) is 0 Å². The van der Waals surface area contributed by atoms with Crippen LogP contribution in [0.2, 0.25) is 0 Å². The van der Waals surface area contributed by atoms with Crippen LogP contribution in [0.15, 0.2) is 97.3 Å². The normalized spacial score (nSPS) is 12.8. The molecule has 0 bridgehead atoms. The summed E-state index contributed by atoms with van der Waals surface area (Å²) in [6.07, 6.45) is 3.91. The second-order valence-electron chi connectivity index (χ2n) is 11.4. The molecule has 0 saturated heterocycles. The number of hydrogen-bond acceptors (Lipinski definition) is 2. The van der Waals surface area contributed by atoms with Crippen molar-refractivity contribution in [3.8, 4) is 0 Å². The molecule has 11 aromatic rings. The monoisotopic (exact) mass is 536 g/mol. The van der Waals surface area contributed by atoms with Crippen molar-refractivity contribution in [2.24, 2.45) is 0 Å². The Morgan fingerprint density at radius 3 is 1.24 bits per heavy atom. The number of nitrogens with one attached hydrogen (secondary N) is 4. The molecule has 6 nitrogen and oxygen atoms in total. The van der Waals surface area contributed by atoms with E-state index in [-0.39, 0.29) is 0 Å². The van der Waals surface area contributed by atoms with Crippen LogP contribution in [0.25, 0.3) is 109 Å². The van der Waals surface area contributed by atoms with Crippen LogP contribution >= 0.6 is 0 Å². The van der Waals surface area contributed by atoms with Gasteiger partial charge in [-0.25, -0.2) is 0 Å². The first kappa shape index (κ1) is 20.9. The third-order valence-electron chi connectivity index (χ3n) is 9.24. The molecule has 0 aliphatic rings. The number of nitrogens with zero attached hydrogens (tertiary/aromatic N) is 2. The van der Waals surface area contributed by atoms with E-state index in [1.165, 1.54) is 43.1 Å². The Bertz CT molecular complexity index is 2760. The van der Waals surface area contributed by atoms with Crippen LogP contribution in [0, 0.1) is 0 Å². The molecule has 0 atom stereocenters. The van der Waals surface area contributed by atoms with E-state index in [1.807, 2.05) is 12.4 Å². The van der Waals surface area contributed by atoms with Gasteiger partial charge in [0.05, 0.1) is 34.5 Å². The Balaban J connectivity index is 1.23. The predicted octanol–water partition coefficient (Wildman–Crippen LogP) is 9.32. The number of hydrogen-bond donors (Lipinski definition) is 4. The average molecular weight is 537 g/mol. The topological polar surface area (TPSA) is 88.9 Å². The predicted molar refractivity (Wildman–Crippen MR) is 174 cm³/mol. The zero-order valence-electron chi connectivity index (χ0n) is 22.1. The Kier molecular flexibility index (Phi) is 3.52. The molecule has 0 amide bonds. The second kappa shape index (κ2) is 7.06. The highest BCUT2D eigenvalue weighted by molar-refractivity contribution is 6.29. The van der Waals surface area contributed by atoms with Crippen molar-refractivity contribution in [2.45, 2.75) is 0 Å². The maximum Gasteiger partial charge on any atom is 0.0972 e. The molecule has 0 spiro atoms. The minimum atomic E-state index is 0.917. The summed E-state index contributed by atoms with van der Waals surface area (Å²) in [5, 5.41) is 11.8. The molecule has 0 aliphatic carbocycles. The summed E-state index contributed by atoms with van der Waals surface area (Å²) in [6, 6.07) is 30.4. The zero-order valence-corrected chi connectivity index (χ0v) is 22.1. The van der Waals surface area contributed by atoms with Gasteiger partial charge in [-0.05, 0) is 36.4 Å². The highest BCUT2D eigenvalue weighted by atomic mass is 14.8. The van der Waals surface area contributed by atoms with Crippen molar-refractivity contribution >= 4 is 109 Å². The maximum atomic E-state index is 4.97. The van der Waals surface area contributed by atoms with E-state index in [2.05, 4.69) is 105 Å². The quantitative estimate of drug-likeness (QED) is 0.146. The number of benzene rings is 5. The lowest BCUT2D eigenvalue weighted by molar-refractivity contribution is 1.38. The van der Waals surface area contributed by atoms with Gasteiger partial charge in [0.2, 0.25) is 0 Å². The molecule has 6 heterocycles. The van der Waals surface area contributed by atoms with Gasteiger partial charge in [-0.15, -0.1) is 0 Å².